The van der Waals surface area contributed by atoms with Gasteiger partial charge >= 0.3 is 0 Å². The first kappa shape index (κ1) is 22.8. The predicted molar refractivity (Wildman–Crippen MR) is 142 cm³/mol. The van der Waals surface area contributed by atoms with Gasteiger partial charge in [-0.1, -0.05) is 66.7 Å². The van der Waals surface area contributed by atoms with Crippen molar-refractivity contribution in [3.63, 3.8) is 0 Å². The monoisotopic (exact) mass is 435 g/mol. The molecule has 3 nitrogen and oxygen atoms in total. The molecule has 0 unspecified atom stereocenters. The van der Waals surface area contributed by atoms with Gasteiger partial charge in [0.25, 0.3) is 0 Å². The van der Waals surface area contributed by atoms with E-state index in [1.54, 1.807) is 0 Å². The fraction of sp³-hybridized carbons (Fsp3) is 0.300. The second-order valence-corrected chi connectivity index (χ2v) is 8.85. The summed E-state index contributed by atoms with van der Waals surface area (Å²) < 4.78 is 0. The Labute approximate surface area is 198 Å². The number of benzene rings is 3. The van der Waals surface area contributed by atoms with Gasteiger partial charge in [0.2, 0.25) is 0 Å². The molecule has 3 heteroatoms. The lowest BCUT2D eigenvalue weighted by Gasteiger charge is -2.12. The van der Waals surface area contributed by atoms with Crippen LogP contribution in [0.2, 0.25) is 0 Å². The quantitative estimate of drug-likeness (QED) is 0.365. The largest absolute Gasteiger partial charge is 0.289 e. The van der Waals surface area contributed by atoms with Crippen molar-refractivity contribution in [1.82, 2.24) is 0 Å². The molecular weight excluding hydrogens is 402 g/mol. The summed E-state index contributed by atoms with van der Waals surface area (Å²) in [5.41, 5.74) is 11.9. The molecule has 0 bridgehead atoms. The molecule has 0 aliphatic carbocycles. The lowest BCUT2D eigenvalue weighted by Crippen LogP contribution is -2.08. The maximum absolute atomic E-state index is 4.46. The molecule has 0 spiro atoms. The highest BCUT2D eigenvalue weighted by atomic mass is 14.8. The number of rotatable bonds is 0. The van der Waals surface area contributed by atoms with Crippen LogP contribution in [0, 0.1) is 0 Å². The minimum atomic E-state index is 0.877. The summed E-state index contributed by atoms with van der Waals surface area (Å²) in [6, 6.07) is 25.4. The highest BCUT2D eigenvalue weighted by Crippen LogP contribution is 2.24. The van der Waals surface area contributed by atoms with Crippen LogP contribution in [0.4, 0.5) is 5.69 Å². The zero-order chi connectivity index (χ0) is 23.0. The summed E-state index contributed by atoms with van der Waals surface area (Å²) in [5.74, 6) is 0. The third-order valence-corrected chi connectivity index (χ3v) is 6.28. The number of aryl methyl sites for hydroxylation is 1. The summed E-state index contributed by atoms with van der Waals surface area (Å²) >= 11 is 0. The van der Waals surface area contributed by atoms with Crippen molar-refractivity contribution in [2.45, 2.75) is 53.0 Å². The zero-order valence-electron chi connectivity index (χ0n) is 20.0. The first-order valence-electron chi connectivity index (χ1n) is 11.9. The van der Waals surface area contributed by atoms with Crippen molar-refractivity contribution in [3.05, 3.63) is 101 Å². The predicted octanol–water partition coefficient (Wildman–Crippen LogP) is 6.98. The second kappa shape index (κ2) is 11.0. The van der Waals surface area contributed by atoms with E-state index in [9.17, 15) is 0 Å². The number of nitrogens with zero attached hydrogens (tertiary/aromatic N) is 3. The normalized spacial score (nSPS) is 15.5. The van der Waals surface area contributed by atoms with E-state index in [0.717, 1.165) is 44.5 Å². The van der Waals surface area contributed by atoms with Gasteiger partial charge < -0.3 is 0 Å². The molecule has 3 aromatic carbocycles. The first-order valence-corrected chi connectivity index (χ1v) is 11.9. The molecular formula is C30H33N3. The van der Waals surface area contributed by atoms with Gasteiger partial charge in [0.1, 0.15) is 0 Å². The SMILES string of the molecule is CC1=NCCc2ccccc21.CC1=NCc2ccccc2C1.CC1=Nc2ccccc2CC1. The van der Waals surface area contributed by atoms with Crippen LogP contribution in [0.3, 0.4) is 0 Å². The van der Waals surface area contributed by atoms with Crippen LogP contribution >= 0.6 is 0 Å². The zero-order valence-corrected chi connectivity index (χ0v) is 20.0. The van der Waals surface area contributed by atoms with Gasteiger partial charge in [-0.2, -0.15) is 0 Å². The number of para-hydroxylation sites is 1. The molecule has 0 N–H and O–H groups in total. The Balaban J connectivity index is 0.000000118. The van der Waals surface area contributed by atoms with Crippen LogP contribution in [0.1, 0.15) is 55.0 Å². The van der Waals surface area contributed by atoms with Crippen molar-refractivity contribution < 1.29 is 0 Å². The van der Waals surface area contributed by atoms with Crippen LogP contribution in [0.25, 0.3) is 0 Å². The molecule has 3 heterocycles. The summed E-state index contributed by atoms with van der Waals surface area (Å²) in [4.78, 5) is 13.2. The molecule has 168 valence electrons. The summed E-state index contributed by atoms with van der Waals surface area (Å²) in [6.07, 6.45) is 4.42. The number of hydrogen-bond acceptors (Lipinski definition) is 3. The Morgan fingerprint density at radius 3 is 2.03 bits per heavy atom. The van der Waals surface area contributed by atoms with E-state index in [1.807, 2.05) is 6.07 Å². The Morgan fingerprint density at radius 2 is 1.24 bits per heavy atom. The maximum Gasteiger partial charge on any atom is 0.0660 e. The highest BCUT2D eigenvalue weighted by Gasteiger charge is 2.09. The third-order valence-electron chi connectivity index (χ3n) is 6.28. The van der Waals surface area contributed by atoms with E-state index in [0.29, 0.717) is 0 Å². The van der Waals surface area contributed by atoms with Gasteiger partial charge in [0.05, 0.1) is 12.2 Å². The van der Waals surface area contributed by atoms with Crippen LogP contribution in [0.5, 0.6) is 0 Å². The van der Waals surface area contributed by atoms with E-state index < -0.39 is 0 Å². The number of aliphatic imine (C=N–C) groups is 3. The number of fused-ring (bicyclic) bond motifs is 3. The van der Waals surface area contributed by atoms with Crippen LogP contribution < -0.4 is 0 Å². The lowest BCUT2D eigenvalue weighted by atomic mass is 9.99. The summed E-state index contributed by atoms with van der Waals surface area (Å²) in [7, 11) is 0. The Hall–Kier alpha value is -3.33. The minimum Gasteiger partial charge on any atom is -0.289 e. The average molecular weight is 436 g/mol. The molecule has 0 radical (unpaired) electrons. The van der Waals surface area contributed by atoms with Crippen LogP contribution in [-0.2, 0) is 25.8 Å². The topological polar surface area (TPSA) is 37.1 Å². The van der Waals surface area contributed by atoms with Gasteiger partial charge in [-0.25, -0.2) is 0 Å². The fourth-order valence-corrected chi connectivity index (χ4v) is 4.36. The van der Waals surface area contributed by atoms with Crippen molar-refractivity contribution >= 4 is 22.8 Å². The molecule has 0 atom stereocenters. The standard InChI is InChI=1S/3C10H11N/c1-8-6-9-4-2-3-5-10(9)7-11-8;1-8-10-5-3-2-4-9(10)6-7-11-8;1-8-6-7-9-4-2-3-5-10(9)11-8/h3*2-5H,6-7H2,1H3. The molecule has 0 saturated heterocycles. The van der Waals surface area contributed by atoms with Crippen molar-refractivity contribution in [3.8, 4) is 0 Å². The average Bonchev–Trinajstić information content (AvgIpc) is 2.85. The number of hydrogen-bond donors (Lipinski definition) is 0. The van der Waals surface area contributed by atoms with Crippen molar-refractivity contribution in [2.75, 3.05) is 6.54 Å². The molecule has 33 heavy (non-hydrogen) atoms. The minimum absolute atomic E-state index is 0.877. The molecule has 0 aromatic heterocycles. The van der Waals surface area contributed by atoms with E-state index in [1.165, 1.54) is 45.0 Å². The van der Waals surface area contributed by atoms with E-state index >= 15 is 0 Å². The lowest BCUT2D eigenvalue weighted by molar-refractivity contribution is 0.942. The van der Waals surface area contributed by atoms with Crippen LogP contribution in [0.15, 0.2) is 87.8 Å². The van der Waals surface area contributed by atoms with Gasteiger partial charge in [-0.3, -0.25) is 15.0 Å². The van der Waals surface area contributed by atoms with Gasteiger partial charge in [0, 0.05) is 30.1 Å². The Morgan fingerprint density at radius 1 is 0.576 bits per heavy atom. The van der Waals surface area contributed by atoms with Gasteiger partial charge in [0.15, 0.2) is 0 Å². The van der Waals surface area contributed by atoms with Gasteiger partial charge in [-0.15, -0.1) is 0 Å². The van der Waals surface area contributed by atoms with Crippen molar-refractivity contribution in [1.29, 1.82) is 0 Å². The molecule has 0 fully saturated rings. The summed E-state index contributed by atoms with van der Waals surface area (Å²) in [5, 5.41) is 0. The van der Waals surface area contributed by atoms with E-state index in [2.05, 4.69) is 102 Å². The van der Waals surface area contributed by atoms with E-state index in [-0.39, 0.29) is 0 Å². The smallest absolute Gasteiger partial charge is 0.0660 e. The second-order valence-electron chi connectivity index (χ2n) is 8.85. The summed E-state index contributed by atoms with van der Waals surface area (Å²) in [6.45, 7) is 8.11. The third kappa shape index (κ3) is 6.13. The maximum atomic E-state index is 4.46. The molecule has 3 aromatic rings. The molecule has 0 amide bonds. The highest BCUT2D eigenvalue weighted by molar-refractivity contribution is 6.00. The van der Waals surface area contributed by atoms with Crippen LogP contribution in [-0.4, -0.2) is 23.7 Å². The van der Waals surface area contributed by atoms with Gasteiger partial charge in [-0.05, 0) is 73.9 Å². The molecule has 3 aliphatic rings. The Bertz CT molecular complexity index is 1200. The van der Waals surface area contributed by atoms with E-state index in [4.69, 9.17) is 0 Å². The Kier molecular flexibility index (Phi) is 7.62. The first-order chi connectivity index (χ1) is 16.1. The fourth-order valence-electron chi connectivity index (χ4n) is 4.36. The van der Waals surface area contributed by atoms with Crippen molar-refractivity contribution in [2.24, 2.45) is 15.0 Å². The molecule has 3 aliphatic heterocycles. The molecule has 6 rings (SSSR count). The molecule has 0 saturated carbocycles.